The number of hydrogen-bond acceptors (Lipinski definition) is 4. The predicted octanol–water partition coefficient (Wildman–Crippen LogP) is 1.83. The van der Waals surface area contributed by atoms with Crippen LogP contribution < -0.4 is 5.32 Å². The van der Waals surface area contributed by atoms with Gasteiger partial charge in [0.25, 0.3) is 5.91 Å². The number of rotatable bonds is 4. The van der Waals surface area contributed by atoms with Crippen molar-refractivity contribution in [1.29, 1.82) is 0 Å². The molecule has 1 aromatic heterocycles. The zero-order valence-electron chi connectivity index (χ0n) is 13.8. The van der Waals surface area contributed by atoms with Crippen molar-refractivity contribution in [1.82, 2.24) is 10.2 Å². The quantitative estimate of drug-likeness (QED) is 0.922. The molecule has 3 atom stereocenters. The van der Waals surface area contributed by atoms with Crippen molar-refractivity contribution in [2.45, 2.75) is 25.1 Å². The minimum Gasteiger partial charge on any atom is -0.467 e. The minimum atomic E-state index is -0.352. The lowest BCUT2D eigenvalue weighted by molar-refractivity contribution is -0.127. The minimum absolute atomic E-state index is 0.0351. The van der Waals surface area contributed by atoms with Crippen molar-refractivity contribution in [3.63, 3.8) is 0 Å². The van der Waals surface area contributed by atoms with Gasteiger partial charge >= 0.3 is 0 Å². The summed E-state index contributed by atoms with van der Waals surface area (Å²) in [6.45, 7) is 1.30. The average Bonchev–Trinajstić information content (AvgIpc) is 3.37. The first-order valence-electron chi connectivity index (χ1n) is 8.52. The molecule has 25 heavy (non-hydrogen) atoms. The molecule has 1 aromatic carbocycles. The molecule has 6 nitrogen and oxygen atoms in total. The van der Waals surface area contributed by atoms with Gasteiger partial charge in [0.15, 0.2) is 0 Å². The Bertz CT molecular complexity index is 744. The van der Waals surface area contributed by atoms with Crippen molar-refractivity contribution in [3.8, 4) is 0 Å². The van der Waals surface area contributed by atoms with Crippen LogP contribution in [0.25, 0.3) is 0 Å². The Kier molecular flexibility index (Phi) is 4.28. The summed E-state index contributed by atoms with van der Waals surface area (Å²) in [7, 11) is 0. The van der Waals surface area contributed by atoms with Crippen LogP contribution in [0.5, 0.6) is 0 Å². The zero-order chi connectivity index (χ0) is 17.2. The molecule has 4 rings (SSSR count). The summed E-state index contributed by atoms with van der Waals surface area (Å²) in [5, 5.41) is 2.89. The SMILES string of the molecule is O=C(NCc1ccco1)C1CN(C(=O)c2ccccc2)C2CCOC12. The Morgan fingerprint density at radius 1 is 1.16 bits per heavy atom. The van der Waals surface area contributed by atoms with Crippen molar-refractivity contribution in [2.75, 3.05) is 13.2 Å². The molecule has 0 bridgehead atoms. The number of hydrogen-bond donors (Lipinski definition) is 1. The smallest absolute Gasteiger partial charge is 0.254 e. The first-order valence-corrected chi connectivity index (χ1v) is 8.52. The standard InChI is InChI=1S/C19H20N2O4/c22-18(20-11-14-7-4-9-24-14)15-12-21(16-8-10-25-17(15)16)19(23)13-5-2-1-3-6-13/h1-7,9,15-17H,8,10-12H2,(H,20,22). The largest absolute Gasteiger partial charge is 0.467 e. The van der Waals surface area contributed by atoms with E-state index in [0.29, 0.717) is 31.0 Å². The molecule has 0 aliphatic carbocycles. The Morgan fingerprint density at radius 3 is 2.76 bits per heavy atom. The van der Waals surface area contributed by atoms with Crippen LogP contribution in [0.15, 0.2) is 53.1 Å². The van der Waals surface area contributed by atoms with Gasteiger partial charge in [0.2, 0.25) is 5.91 Å². The molecule has 2 fully saturated rings. The predicted molar refractivity (Wildman–Crippen MR) is 89.7 cm³/mol. The second kappa shape index (κ2) is 6.72. The Morgan fingerprint density at radius 2 is 2.00 bits per heavy atom. The molecule has 3 unspecified atom stereocenters. The van der Waals surface area contributed by atoms with E-state index in [9.17, 15) is 9.59 Å². The third-order valence-electron chi connectivity index (χ3n) is 4.93. The van der Waals surface area contributed by atoms with E-state index in [1.54, 1.807) is 29.4 Å². The van der Waals surface area contributed by atoms with Crippen LogP contribution in [-0.2, 0) is 16.1 Å². The maximum atomic E-state index is 12.8. The molecule has 2 aliphatic rings. The van der Waals surface area contributed by atoms with Gasteiger partial charge in [-0.2, -0.15) is 0 Å². The number of likely N-dealkylation sites (tertiary alicyclic amines) is 1. The highest BCUT2D eigenvalue weighted by atomic mass is 16.5. The lowest BCUT2D eigenvalue weighted by Crippen LogP contribution is -2.37. The molecular weight excluding hydrogens is 320 g/mol. The molecule has 0 saturated carbocycles. The van der Waals surface area contributed by atoms with Crippen LogP contribution in [0.1, 0.15) is 22.5 Å². The number of ether oxygens (including phenoxy) is 1. The van der Waals surface area contributed by atoms with E-state index in [2.05, 4.69) is 5.32 Å². The lowest BCUT2D eigenvalue weighted by atomic mass is 10.0. The summed E-state index contributed by atoms with van der Waals surface area (Å²) < 4.78 is 11.0. The first-order chi connectivity index (χ1) is 12.2. The van der Waals surface area contributed by atoms with E-state index in [-0.39, 0.29) is 29.9 Å². The van der Waals surface area contributed by atoms with E-state index in [1.165, 1.54) is 0 Å². The fourth-order valence-corrected chi connectivity index (χ4v) is 3.70. The van der Waals surface area contributed by atoms with Crippen LogP contribution in [-0.4, -0.2) is 42.0 Å². The van der Waals surface area contributed by atoms with Crippen LogP contribution in [0.2, 0.25) is 0 Å². The normalized spacial score (nSPS) is 25.0. The molecule has 2 aliphatic heterocycles. The van der Waals surface area contributed by atoms with Crippen LogP contribution in [0.4, 0.5) is 0 Å². The number of carbonyl (C=O) groups excluding carboxylic acids is 2. The van der Waals surface area contributed by atoms with Crippen molar-refractivity contribution in [2.24, 2.45) is 5.92 Å². The zero-order valence-corrected chi connectivity index (χ0v) is 13.8. The summed E-state index contributed by atoms with van der Waals surface area (Å²) in [4.78, 5) is 27.2. The second-order valence-corrected chi connectivity index (χ2v) is 6.42. The number of nitrogens with one attached hydrogen (secondary N) is 1. The van der Waals surface area contributed by atoms with Crippen LogP contribution in [0.3, 0.4) is 0 Å². The molecule has 3 heterocycles. The van der Waals surface area contributed by atoms with Crippen LogP contribution in [0, 0.1) is 5.92 Å². The highest BCUT2D eigenvalue weighted by molar-refractivity contribution is 5.95. The van der Waals surface area contributed by atoms with Gasteiger partial charge in [-0.3, -0.25) is 9.59 Å². The molecular formula is C19H20N2O4. The average molecular weight is 340 g/mol. The van der Waals surface area contributed by atoms with Gasteiger partial charge in [0, 0.05) is 18.7 Å². The van der Waals surface area contributed by atoms with Crippen molar-refractivity contribution in [3.05, 3.63) is 60.1 Å². The first kappa shape index (κ1) is 15.9. The molecule has 2 saturated heterocycles. The van der Waals surface area contributed by atoms with Gasteiger partial charge in [-0.05, 0) is 30.7 Å². The van der Waals surface area contributed by atoms with Gasteiger partial charge in [0.1, 0.15) is 5.76 Å². The van der Waals surface area contributed by atoms with Crippen LogP contribution >= 0.6 is 0 Å². The number of amides is 2. The van der Waals surface area contributed by atoms with Gasteiger partial charge in [-0.1, -0.05) is 18.2 Å². The van der Waals surface area contributed by atoms with Gasteiger partial charge in [-0.15, -0.1) is 0 Å². The number of benzene rings is 1. The third kappa shape index (κ3) is 3.05. The van der Waals surface area contributed by atoms with Gasteiger partial charge < -0.3 is 19.4 Å². The summed E-state index contributed by atoms with van der Waals surface area (Å²) >= 11 is 0. The third-order valence-corrected chi connectivity index (χ3v) is 4.93. The molecule has 6 heteroatoms. The molecule has 0 radical (unpaired) electrons. The highest BCUT2D eigenvalue weighted by Crippen LogP contribution is 2.34. The summed E-state index contributed by atoms with van der Waals surface area (Å²) in [5.41, 5.74) is 0.643. The number of nitrogens with zero attached hydrogens (tertiary/aromatic N) is 1. The molecule has 0 spiro atoms. The number of furan rings is 1. The topological polar surface area (TPSA) is 71.8 Å². The van der Waals surface area contributed by atoms with E-state index in [1.807, 2.05) is 24.3 Å². The molecule has 130 valence electrons. The van der Waals surface area contributed by atoms with Crippen molar-refractivity contribution >= 4 is 11.8 Å². The molecule has 2 amide bonds. The monoisotopic (exact) mass is 340 g/mol. The number of fused-ring (bicyclic) bond motifs is 1. The van der Waals surface area contributed by atoms with Gasteiger partial charge in [0.05, 0.1) is 30.9 Å². The van der Waals surface area contributed by atoms with Crippen molar-refractivity contribution < 1.29 is 18.7 Å². The van der Waals surface area contributed by atoms with E-state index in [4.69, 9.17) is 9.15 Å². The summed E-state index contributed by atoms with van der Waals surface area (Å²) in [6, 6.07) is 12.7. The van der Waals surface area contributed by atoms with E-state index in [0.717, 1.165) is 6.42 Å². The second-order valence-electron chi connectivity index (χ2n) is 6.42. The molecule has 2 aromatic rings. The Balaban J connectivity index is 1.47. The summed E-state index contributed by atoms with van der Waals surface area (Å²) in [6.07, 6.45) is 2.11. The van der Waals surface area contributed by atoms with E-state index >= 15 is 0 Å². The molecule has 1 N–H and O–H groups in total. The lowest BCUT2D eigenvalue weighted by Gasteiger charge is -2.22. The fraction of sp³-hybridized carbons (Fsp3) is 0.368. The summed E-state index contributed by atoms with van der Waals surface area (Å²) in [5.74, 6) is 0.210. The van der Waals surface area contributed by atoms with E-state index < -0.39 is 0 Å². The maximum absolute atomic E-state index is 12.8. The fourth-order valence-electron chi connectivity index (χ4n) is 3.70. The Hall–Kier alpha value is -2.60. The number of carbonyl (C=O) groups is 2. The Labute approximate surface area is 145 Å². The van der Waals surface area contributed by atoms with Gasteiger partial charge in [-0.25, -0.2) is 0 Å². The maximum Gasteiger partial charge on any atom is 0.254 e. The highest BCUT2D eigenvalue weighted by Gasteiger charge is 2.50.